The molecule has 2 aliphatic carbocycles. The number of nitrogens with zero attached hydrogens (tertiary/aromatic N) is 1. The summed E-state index contributed by atoms with van der Waals surface area (Å²) in [7, 11) is 0. The van der Waals surface area contributed by atoms with Gasteiger partial charge < -0.3 is 10.6 Å². The van der Waals surface area contributed by atoms with Gasteiger partial charge in [-0.15, -0.1) is 0 Å². The van der Waals surface area contributed by atoms with E-state index in [1.807, 2.05) is 0 Å². The van der Waals surface area contributed by atoms with Crippen LogP contribution in [0.25, 0.3) is 0 Å². The Hall–Kier alpha value is -0.0800. The Morgan fingerprint density at radius 2 is 2.08 bits per heavy atom. The second-order valence-electron chi connectivity index (χ2n) is 4.50. The zero-order valence-corrected chi connectivity index (χ0v) is 8.05. The molecule has 0 amide bonds. The molecule has 0 aromatic heterocycles. The molecular weight excluding hydrogens is 148 g/mol. The largest absolute Gasteiger partial charge is 0.330 e. The standard InChI is InChI=1S/C10H20N2/c1-2-12(9-3-4-9)8-10(7-11)5-6-10/h9H,2-8,11H2,1H3. The third kappa shape index (κ3) is 1.64. The van der Waals surface area contributed by atoms with Crippen LogP contribution in [0.5, 0.6) is 0 Å². The molecule has 0 unspecified atom stereocenters. The highest BCUT2D eigenvalue weighted by molar-refractivity contribution is 4.98. The summed E-state index contributed by atoms with van der Waals surface area (Å²) in [5.74, 6) is 0. The summed E-state index contributed by atoms with van der Waals surface area (Å²) in [6.45, 7) is 5.65. The maximum absolute atomic E-state index is 5.77. The molecule has 0 aliphatic heterocycles. The van der Waals surface area contributed by atoms with E-state index in [1.165, 1.54) is 38.8 Å². The maximum atomic E-state index is 5.77. The van der Waals surface area contributed by atoms with Crippen molar-refractivity contribution in [2.45, 2.75) is 38.6 Å². The molecule has 0 aromatic carbocycles. The fourth-order valence-corrected chi connectivity index (χ4v) is 1.97. The molecule has 0 heterocycles. The van der Waals surface area contributed by atoms with Crippen molar-refractivity contribution in [2.75, 3.05) is 19.6 Å². The van der Waals surface area contributed by atoms with Crippen molar-refractivity contribution in [1.29, 1.82) is 0 Å². The van der Waals surface area contributed by atoms with Gasteiger partial charge in [0.15, 0.2) is 0 Å². The molecule has 0 radical (unpaired) electrons. The summed E-state index contributed by atoms with van der Waals surface area (Å²) in [6, 6.07) is 0.916. The van der Waals surface area contributed by atoms with Crippen molar-refractivity contribution in [2.24, 2.45) is 11.1 Å². The topological polar surface area (TPSA) is 29.3 Å². The van der Waals surface area contributed by atoms with Crippen molar-refractivity contribution < 1.29 is 0 Å². The average Bonchev–Trinajstić information content (AvgIpc) is 2.95. The van der Waals surface area contributed by atoms with E-state index in [0.29, 0.717) is 5.41 Å². The van der Waals surface area contributed by atoms with Gasteiger partial charge in [-0.05, 0) is 44.2 Å². The molecule has 70 valence electrons. The summed E-state index contributed by atoms with van der Waals surface area (Å²) in [6.07, 6.45) is 5.59. The van der Waals surface area contributed by atoms with Crippen LogP contribution in [0, 0.1) is 5.41 Å². The van der Waals surface area contributed by atoms with Crippen LogP contribution in [-0.4, -0.2) is 30.6 Å². The minimum Gasteiger partial charge on any atom is -0.330 e. The van der Waals surface area contributed by atoms with Crippen molar-refractivity contribution in [3.8, 4) is 0 Å². The van der Waals surface area contributed by atoms with Crippen LogP contribution in [0.1, 0.15) is 32.6 Å². The van der Waals surface area contributed by atoms with Crippen LogP contribution < -0.4 is 5.73 Å². The average molecular weight is 168 g/mol. The van der Waals surface area contributed by atoms with Gasteiger partial charge in [0.25, 0.3) is 0 Å². The van der Waals surface area contributed by atoms with E-state index in [0.717, 1.165) is 12.6 Å². The maximum Gasteiger partial charge on any atom is 0.00965 e. The van der Waals surface area contributed by atoms with E-state index < -0.39 is 0 Å². The summed E-state index contributed by atoms with van der Waals surface area (Å²) in [5, 5.41) is 0. The van der Waals surface area contributed by atoms with E-state index >= 15 is 0 Å². The smallest absolute Gasteiger partial charge is 0.00965 e. The van der Waals surface area contributed by atoms with E-state index in [9.17, 15) is 0 Å². The van der Waals surface area contributed by atoms with Crippen LogP contribution in [-0.2, 0) is 0 Å². The van der Waals surface area contributed by atoms with Gasteiger partial charge in [0, 0.05) is 12.6 Å². The fourth-order valence-electron chi connectivity index (χ4n) is 1.97. The molecule has 2 nitrogen and oxygen atoms in total. The molecule has 0 spiro atoms. The first-order valence-corrected chi connectivity index (χ1v) is 5.24. The molecule has 0 atom stereocenters. The highest BCUT2D eigenvalue weighted by atomic mass is 15.2. The Kier molecular flexibility index (Phi) is 2.13. The Morgan fingerprint density at radius 3 is 2.42 bits per heavy atom. The lowest BCUT2D eigenvalue weighted by molar-refractivity contribution is 0.223. The molecule has 0 saturated heterocycles. The number of hydrogen-bond donors (Lipinski definition) is 1. The predicted molar refractivity (Wildman–Crippen MR) is 51.0 cm³/mol. The Bertz CT molecular complexity index is 159. The van der Waals surface area contributed by atoms with Gasteiger partial charge in [-0.2, -0.15) is 0 Å². The highest BCUT2D eigenvalue weighted by Gasteiger charge is 2.44. The SMILES string of the molecule is CCN(CC1(CN)CC1)C1CC1. The van der Waals surface area contributed by atoms with Crippen LogP contribution in [0.15, 0.2) is 0 Å². The molecule has 2 fully saturated rings. The van der Waals surface area contributed by atoms with Gasteiger partial charge >= 0.3 is 0 Å². The van der Waals surface area contributed by atoms with Gasteiger partial charge in [-0.3, -0.25) is 0 Å². The fraction of sp³-hybridized carbons (Fsp3) is 1.00. The van der Waals surface area contributed by atoms with Gasteiger partial charge in [0.2, 0.25) is 0 Å². The molecule has 0 aromatic rings. The molecule has 2 saturated carbocycles. The van der Waals surface area contributed by atoms with Gasteiger partial charge in [0.05, 0.1) is 0 Å². The van der Waals surface area contributed by atoms with Crippen LogP contribution in [0.4, 0.5) is 0 Å². The zero-order chi connectivity index (χ0) is 8.60. The minimum absolute atomic E-state index is 0.540. The molecule has 2 heteroatoms. The van der Waals surface area contributed by atoms with E-state index in [2.05, 4.69) is 11.8 Å². The van der Waals surface area contributed by atoms with E-state index in [-0.39, 0.29) is 0 Å². The molecule has 12 heavy (non-hydrogen) atoms. The van der Waals surface area contributed by atoms with Crippen molar-refractivity contribution in [3.63, 3.8) is 0 Å². The zero-order valence-electron chi connectivity index (χ0n) is 8.05. The van der Waals surface area contributed by atoms with Crippen molar-refractivity contribution >= 4 is 0 Å². The highest BCUT2D eigenvalue weighted by Crippen LogP contribution is 2.46. The molecule has 0 bridgehead atoms. The molecule has 2 N–H and O–H groups in total. The summed E-state index contributed by atoms with van der Waals surface area (Å²) in [5.41, 5.74) is 6.31. The van der Waals surface area contributed by atoms with Crippen molar-refractivity contribution in [3.05, 3.63) is 0 Å². The predicted octanol–water partition coefficient (Wildman–Crippen LogP) is 1.21. The number of nitrogens with two attached hydrogens (primary N) is 1. The van der Waals surface area contributed by atoms with E-state index in [1.54, 1.807) is 0 Å². The quantitative estimate of drug-likeness (QED) is 0.668. The lowest BCUT2D eigenvalue weighted by Crippen LogP contribution is -2.35. The van der Waals surface area contributed by atoms with Crippen molar-refractivity contribution in [1.82, 2.24) is 4.90 Å². The van der Waals surface area contributed by atoms with Gasteiger partial charge in [0.1, 0.15) is 0 Å². The third-order valence-electron chi connectivity index (χ3n) is 3.40. The third-order valence-corrected chi connectivity index (χ3v) is 3.40. The lowest BCUT2D eigenvalue weighted by Gasteiger charge is -2.25. The second kappa shape index (κ2) is 3.00. The minimum atomic E-state index is 0.540. The molecular formula is C10H20N2. The van der Waals surface area contributed by atoms with Crippen LogP contribution in [0.3, 0.4) is 0 Å². The first-order chi connectivity index (χ1) is 5.79. The second-order valence-corrected chi connectivity index (χ2v) is 4.50. The normalized spacial score (nSPS) is 26.2. The lowest BCUT2D eigenvalue weighted by atomic mass is 10.1. The van der Waals surface area contributed by atoms with Crippen LogP contribution >= 0.6 is 0 Å². The molecule has 2 aliphatic rings. The van der Waals surface area contributed by atoms with Crippen LogP contribution in [0.2, 0.25) is 0 Å². The Balaban J connectivity index is 1.82. The van der Waals surface area contributed by atoms with E-state index in [4.69, 9.17) is 5.73 Å². The monoisotopic (exact) mass is 168 g/mol. The first-order valence-electron chi connectivity index (χ1n) is 5.24. The van der Waals surface area contributed by atoms with Gasteiger partial charge in [-0.1, -0.05) is 6.92 Å². The Morgan fingerprint density at radius 1 is 1.42 bits per heavy atom. The molecule has 2 rings (SSSR count). The first kappa shape index (κ1) is 8.52. The van der Waals surface area contributed by atoms with Gasteiger partial charge in [-0.25, -0.2) is 0 Å². The summed E-state index contributed by atoms with van der Waals surface area (Å²) < 4.78 is 0. The summed E-state index contributed by atoms with van der Waals surface area (Å²) in [4.78, 5) is 2.62. The summed E-state index contributed by atoms with van der Waals surface area (Å²) >= 11 is 0. The number of hydrogen-bond acceptors (Lipinski definition) is 2. The number of rotatable bonds is 5. The Labute approximate surface area is 75.1 Å².